The molecule has 216 valence electrons. The first-order valence-corrected chi connectivity index (χ1v) is 13.8. The van der Waals surface area contributed by atoms with Crippen molar-refractivity contribution < 1.29 is 22.7 Å². The fraction of sp³-hybridized carbons (Fsp3) is 0.500. The Morgan fingerprint density at radius 1 is 1.10 bits per heavy atom. The Balaban J connectivity index is 1.70. The van der Waals surface area contributed by atoms with Gasteiger partial charge in [-0.2, -0.15) is 18.3 Å². The maximum absolute atomic E-state index is 13.6. The number of rotatable bonds is 8. The van der Waals surface area contributed by atoms with Gasteiger partial charge >= 0.3 is 12.3 Å². The Hall–Kier alpha value is -3.34. The van der Waals surface area contributed by atoms with Crippen LogP contribution in [0.25, 0.3) is 11.1 Å². The molecule has 40 heavy (non-hydrogen) atoms. The quantitative estimate of drug-likeness (QED) is 0.306. The molecule has 1 aliphatic rings. The molecule has 0 spiro atoms. The summed E-state index contributed by atoms with van der Waals surface area (Å²) in [5, 5.41) is 6.72. The molecular weight excluding hydrogens is 545 g/mol. The highest BCUT2D eigenvalue weighted by molar-refractivity contribution is 6.30. The van der Waals surface area contributed by atoms with Gasteiger partial charge in [-0.05, 0) is 63.3 Å². The van der Waals surface area contributed by atoms with Crippen molar-refractivity contribution in [3.63, 3.8) is 0 Å². The van der Waals surface area contributed by atoms with Gasteiger partial charge in [0.1, 0.15) is 0 Å². The van der Waals surface area contributed by atoms with Gasteiger partial charge in [0.2, 0.25) is 5.95 Å². The zero-order valence-corrected chi connectivity index (χ0v) is 23.7. The third-order valence-corrected chi connectivity index (χ3v) is 7.39. The lowest BCUT2D eigenvalue weighted by molar-refractivity contribution is -0.137. The SMILES string of the molecule is CCC1CC(N(Cc2cc(Cl)cc(C(F)(F)F)c2)c2ncc(-c3cn[nH]c3)cn2)CC(CC)N1C(=O)OC(C)C. The van der Waals surface area contributed by atoms with Crippen molar-refractivity contribution in [3.8, 4) is 11.1 Å². The van der Waals surface area contributed by atoms with Crippen molar-refractivity contribution >= 4 is 23.6 Å². The minimum Gasteiger partial charge on any atom is -0.447 e. The lowest BCUT2D eigenvalue weighted by Gasteiger charge is -2.47. The number of carbonyl (C=O) groups excluding carboxylic acids is 1. The molecule has 1 fully saturated rings. The van der Waals surface area contributed by atoms with Crippen LogP contribution in [0.5, 0.6) is 0 Å². The number of benzene rings is 1. The summed E-state index contributed by atoms with van der Waals surface area (Å²) in [5.41, 5.74) is 1.15. The molecule has 1 saturated heterocycles. The van der Waals surface area contributed by atoms with Gasteiger partial charge in [0.05, 0.1) is 17.9 Å². The highest BCUT2D eigenvalue weighted by Gasteiger charge is 2.41. The van der Waals surface area contributed by atoms with Crippen molar-refractivity contribution in [2.75, 3.05) is 4.90 Å². The van der Waals surface area contributed by atoms with E-state index in [4.69, 9.17) is 16.3 Å². The maximum atomic E-state index is 13.6. The van der Waals surface area contributed by atoms with Gasteiger partial charge in [0, 0.05) is 59.4 Å². The standard InChI is InChI=1S/C28H34ClF3N6O2/c1-5-23-10-25(11-24(6-2)38(23)27(39)40-17(3)4)37(16-18-7-21(28(30,31)32)9-22(29)8-18)26-33-12-19(13-34-26)20-14-35-36-15-20/h7-9,12-15,17,23-25H,5-6,10-11,16H2,1-4H3,(H,35,36). The average molecular weight is 579 g/mol. The molecule has 2 atom stereocenters. The second-order valence-corrected chi connectivity index (χ2v) is 10.8. The molecule has 8 nitrogen and oxygen atoms in total. The number of hydrogen-bond acceptors (Lipinski definition) is 6. The predicted molar refractivity (Wildman–Crippen MR) is 147 cm³/mol. The number of nitrogens with zero attached hydrogens (tertiary/aromatic N) is 5. The van der Waals surface area contributed by atoms with Gasteiger partial charge < -0.3 is 14.5 Å². The molecule has 2 aromatic heterocycles. The number of H-pyrrole nitrogens is 1. The van der Waals surface area contributed by atoms with E-state index in [0.717, 1.165) is 23.3 Å². The number of nitrogens with one attached hydrogen (secondary N) is 1. The van der Waals surface area contributed by atoms with Gasteiger partial charge in [-0.1, -0.05) is 25.4 Å². The van der Waals surface area contributed by atoms with Crippen molar-refractivity contribution in [2.45, 2.75) is 90.3 Å². The lowest BCUT2D eigenvalue weighted by atomic mass is 9.87. The molecule has 0 bridgehead atoms. The average Bonchev–Trinajstić information content (AvgIpc) is 3.45. The van der Waals surface area contributed by atoms with Gasteiger partial charge in [-0.3, -0.25) is 5.10 Å². The lowest BCUT2D eigenvalue weighted by Crippen LogP contribution is -2.57. The van der Waals surface area contributed by atoms with E-state index in [1.54, 1.807) is 24.8 Å². The summed E-state index contributed by atoms with van der Waals surface area (Å²) < 4.78 is 46.3. The summed E-state index contributed by atoms with van der Waals surface area (Å²) in [5.74, 6) is 0.383. The van der Waals surface area contributed by atoms with E-state index in [1.165, 1.54) is 6.07 Å². The molecular formula is C28H34ClF3N6O2. The minimum absolute atomic E-state index is 0.00474. The summed E-state index contributed by atoms with van der Waals surface area (Å²) in [6.45, 7) is 7.78. The second kappa shape index (κ2) is 12.4. The van der Waals surface area contributed by atoms with Crippen molar-refractivity contribution in [3.05, 3.63) is 59.1 Å². The van der Waals surface area contributed by atoms with Crippen LogP contribution >= 0.6 is 11.6 Å². The third-order valence-electron chi connectivity index (χ3n) is 7.17. The molecule has 1 aromatic carbocycles. The number of aromatic amines is 1. The number of halogens is 4. The van der Waals surface area contributed by atoms with Crippen LogP contribution in [0.3, 0.4) is 0 Å². The van der Waals surface area contributed by atoms with Crippen molar-refractivity contribution in [1.29, 1.82) is 0 Å². The summed E-state index contributed by atoms with van der Waals surface area (Å²) in [6, 6.07) is 3.19. The summed E-state index contributed by atoms with van der Waals surface area (Å²) in [4.78, 5) is 26.0. The molecule has 0 saturated carbocycles. The molecule has 3 aromatic rings. The Bertz CT molecular complexity index is 1260. The second-order valence-electron chi connectivity index (χ2n) is 10.3. The van der Waals surface area contributed by atoms with Crippen LogP contribution in [0.4, 0.5) is 23.9 Å². The smallest absolute Gasteiger partial charge is 0.416 e. The highest BCUT2D eigenvalue weighted by atomic mass is 35.5. The molecule has 4 rings (SSSR count). The van der Waals surface area contributed by atoms with Crippen LogP contribution in [-0.4, -0.2) is 55.4 Å². The minimum atomic E-state index is -4.53. The van der Waals surface area contributed by atoms with Crippen LogP contribution < -0.4 is 4.90 Å². The summed E-state index contributed by atoms with van der Waals surface area (Å²) >= 11 is 6.12. The zero-order chi connectivity index (χ0) is 29.0. The van der Waals surface area contributed by atoms with Gasteiger partial charge in [0.25, 0.3) is 0 Å². The van der Waals surface area contributed by atoms with Gasteiger partial charge in [-0.15, -0.1) is 0 Å². The number of piperidine rings is 1. The monoisotopic (exact) mass is 578 g/mol. The number of carbonyl (C=O) groups is 1. The Kier molecular flexibility index (Phi) is 9.22. The third kappa shape index (κ3) is 6.86. The number of ether oxygens (including phenoxy) is 1. The van der Waals surface area contributed by atoms with Crippen LogP contribution in [-0.2, 0) is 17.5 Å². The predicted octanol–water partition coefficient (Wildman–Crippen LogP) is 7.11. The fourth-order valence-electron chi connectivity index (χ4n) is 5.28. The maximum Gasteiger partial charge on any atom is 0.416 e. The Labute approximate surface area is 236 Å². The number of amides is 1. The molecule has 3 heterocycles. The molecule has 1 N–H and O–H groups in total. The van der Waals surface area contributed by atoms with Gasteiger partial charge in [-0.25, -0.2) is 14.8 Å². The van der Waals surface area contributed by atoms with Crippen molar-refractivity contribution in [1.82, 2.24) is 25.1 Å². The van der Waals surface area contributed by atoms with E-state index in [0.29, 0.717) is 37.2 Å². The topological polar surface area (TPSA) is 87.2 Å². The molecule has 0 radical (unpaired) electrons. The first-order valence-electron chi connectivity index (χ1n) is 13.4. The first kappa shape index (κ1) is 29.6. The molecule has 1 aliphatic heterocycles. The van der Waals surface area contributed by atoms with Crippen molar-refractivity contribution in [2.24, 2.45) is 0 Å². The van der Waals surface area contributed by atoms with Crippen LogP contribution in [0.1, 0.15) is 64.5 Å². The Morgan fingerprint density at radius 3 is 2.27 bits per heavy atom. The van der Waals surface area contributed by atoms with E-state index in [9.17, 15) is 18.0 Å². The van der Waals surface area contributed by atoms with E-state index in [-0.39, 0.29) is 41.9 Å². The zero-order valence-electron chi connectivity index (χ0n) is 23.0. The fourth-order valence-corrected chi connectivity index (χ4v) is 5.54. The number of hydrogen-bond donors (Lipinski definition) is 1. The van der Waals surface area contributed by atoms with E-state index >= 15 is 0 Å². The summed E-state index contributed by atoms with van der Waals surface area (Å²) in [7, 11) is 0. The normalized spacial score (nSPS) is 19.6. The summed E-state index contributed by atoms with van der Waals surface area (Å²) in [6.07, 6.45) is 4.16. The number of anilines is 1. The molecule has 1 amide bonds. The van der Waals surface area contributed by atoms with E-state index in [2.05, 4.69) is 20.2 Å². The highest BCUT2D eigenvalue weighted by Crippen LogP contribution is 2.36. The number of likely N-dealkylation sites (tertiary alicyclic amines) is 1. The Morgan fingerprint density at radius 2 is 1.75 bits per heavy atom. The molecule has 0 aliphatic carbocycles. The number of aromatic nitrogens is 4. The van der Waals surface area contributed by atoms with Crippen LogP contribution in [0.2, 0.25) is 5.02 Å². The first-order chi connectivity index (χ1) is 19.0. The molecule has 2 unspecified atom stereocenters. The van der Waals surface area contributed by atoms with E-state index < -0.39 is 11.7 Å². The van der Waals surface area contributed by atoms with Gasteiger partial charge in [0.15, 0.2) is 0 Å². The number of alkyl halides is 3. The van der Waals surface area contributed by atoms with Crippen LogP contribution in [0.15, 0.2) is 43.0 Å². The largest absolute Gasteiger partial charge is 0.447 e. The molecule has 12 heteroatoms. The van der Waals surface area contributed by atoms with E-state index in [1.807, 2.05) is 37.5 Å². The van der Waals surface area contributed by atoms with Crippen LogP contribution in [0, 0.1) is 0 Å².